The first-order chi connectivity index (χ1) is 9.65. The molecule has 1 aliphatic heterocycles. The maximum Gasteiger partial charge on any atom is 0.0488 e. The number of hydrogen-bond acceptors (Lipinski definition) is 2. The number of nitrogens with one attached hydrogen (secondary N) is 1. The molecule has 0 aliphatic carbocycles. The number of aryl methyl sites for hydroxylation is 1. The number of aromatic nitrogens is 1. The Balaban J connectivity index is 1.90. The van der Waals surface area contributed by atoms with Crippen molar-refractivity contribution in [1.29, 1.82) is 0 Å². The van der Waals surface area contributed by atoms with E-state index >= 15 is 0 Å². The molecule has 1 aromatic heterocycles. The largest absolute Gasteiger partial charge is 0.342 e. The number of fused-ring (bicyclic) bond motifs is 1. The summed E-state index contributed by atoms with van der Waals surface area (Å²) in [6.07, 6.45) is 0. The highest BCUT2D eigenvalue weighted by atomic mass is 15.2. The number of rotatable bonds is 3. The predicted molar refractivity (Wildman–Crippen MR) is 85.2 cm³/mol. The SMILES string of the molecule is Cc1cc2ccc(CN3CCNCC3)cc2n1C(C)C. The summed E-state index contributed by atoms with van der Waals surface area (Å²) in [6, 6.07) is 9.75. The normalized spacial score (nSPS) is 17.2. The van der Waals surface area contributed by atoms with Gasteiger partial charge in [0.05, 0.1) is 0 Å². The maximum atomic E-state index is 3.41. The van der Waals surface area contributed by atoms with E-state index < -0.39 is 0 Å². The number of hydrogen-bond donors (Lipinski definition) is 1. The zero-order chi connectivity index (χ0) is 14.1. The fourth-order valence-corrected chi connectivity index (χ4v) is 3.32. The highest BCUT2D eigenvalue weighted by molar-refractivity contribution is 5.82. The van der Waals surface area contributed by atoms with E-state index in [1.165, 1.54) is 22.2 Å². The molecular weight excluding hydrogens is 246 g/mol. The van der Waals surface area contributed by atoms with Gasteiger partial charge < -0.3 is 9.88 Å². The lowest BCUT2D eigenvalue weighted by molar-refractivity contribution is 0.233. The van der Waals surface area contributed by atoms with E-state index in [1.807, 2.05) is 0 Å². The van der Waals surface area contributed by atoms with Crippen LogP contribution in [0.1, 0.15) is 31.1 Å². The van der Waals surface area contributed by atoms with Crippen molar-refractivity contribution < 1.29 is 0 Å². The number of piperazine rings is 1. The number of nitrogens with zero attached hydrogens (tertiary/aromatic N) is 2. The topological polar surface area (TPSA) is 20.2 Å². The van der Waals surface area contributed by atoms with E-state index in [4.69, 9.17) is 0 Å². The monoisotopic (exact) mass is 271 g/mol. The van der Waals surface area contributed by atoms with Gasteiger partial charge in [-0.15, -0.1) is 0 Å². The molecule has 1 N–H and O–H groups in total. The van der Waals surface area contributed by atoms with Crippen molar-refractivity contribution in [3.63, 3.8) is 0 Å². The molecule has 1 saturated heterocycles. The van der Waals surface area contributed by atoms with Crippen LogP contribution in [0.5, 0.6) is 0 Å². The molecule has 3 rings (SSSR count). The molecule has 1 aromatic carbocycles. The van der Waals surface area contributed by atoms with Gasteiger partial charge in [0.1, 0.15) is 0 Å². The van der Waals surface area contributed by atoms with E-state index in [-0.39, 0.29) is 0 Å². The van der Waals surface area contributed by atoms with Gasteiger partial charge in [-0.1, -0.05) is 12.1 Å². The van der Waals surface area contributed by atoms with Crippen molar-refractivity contribution in [2.75, 3.05) is 26.2 Å². The number of benzene rings is 1. The van der Waals surface area contributed by atoms with Crippen LogP contribution >= 0.6 is 0 Å². The molecule has 0 unspecified atom stereocenters. The van der Waals surface area contributed by atoms with E-state index in [2.05, 4.69) is 59.8 Å². The molecule has 0 bridgehead atoms. The van der Waals surface area contributed by atoms with Crippen molar-refractivity contribution in [2.45, 2.75) is 33.4 Å². The third-order valence-corrected chi connectivity index (χ3v) is 4.23. The average Bonchev–Trinajstić information content (AvgIpc) is 2.75. The summed E-state index contributed by atoms with van der Waals surface area (Å²) in [6.45, 7) is 12.3. The molecule has 0 amide bonds. The fraction of sp³-hybridized carbons (Fsp3) is 0.529. The van der Waals surface area contributed by atoms with Gasteiger partial charge in [-0.05, 0) is 43.9 Å². The van der Waals surface area contributed by atoms with Crippen molar-refractivity contribution in [2.24, 2.45) is 0 Å². The van der Waals surface area contributed by atoms with Gasteiger partial charge in [-0.3, -0.25) is 4.90 Å². The van der Waals surface area contributed by atoms with Gasteiger partial charge in [-0.2, -0.15) is 0 Å². The molecule has 1 aliphatic rings. The molecule has 0 radical (unpaired) electrons. The van der Waals surface area contributed by atoms with Crippen LogP contribution < -0.4 is 5.32 Å². The van der Waals surface area contributed by atoms with Crippen LogP contribution in [0.4, 0.5) is 0 Å². The Bertz CT molecular complexity index is 592. The summed E-state index contributed by atoms with van der Waals surface area (Å²) in [4.78, 5) is 2.53. The minimum absolute atomic E-state index is 0.516. The van der Waals surface area contributed by atoms with Crippen LogP contribution in [0.15, 0.2) is 24.3 Å². The van der Waals surface area contributed by atoms with Crippen LogP contribution in [0.3, 0.4) is 0 Å². The molecule has 0 spiro atoms. The predicted octanol–water partition coefficient (Wildman–Crippen LogP) is 2.94. The molecule has 108 valence electrons. The lowest BCUT2D eigenvalue weighted by Gasteiger charge is -2.27. The standard InChI is InChI=1S/C17H25N3/c1-13(2)20-14(3)10-16-5-4-15(11-17(16)20)12-19-8-6-18-7-9-19/h4-5,10-11,13,18H,6-9,12H2,1-3H3. The Morgan fingerprint density at radius 2 is 1.90 bits per heavy atom. The van der Waals surface area contributed by atoms with Gasteiger partial charge in [0.2, 0.25) is 0 Å². The Morgan fingerprint density at radius 1 is 1.15 bits per heavy atom. The second-order valence-corrected chi connectivity index (χ2v) is 6.17. The first-order valence-electron chi connectivity index (χ1n) is 7.68. The van der Waals surface area contributed by atoms with E-state index in [0.29, 0.717) is 6.04 Å². The molecule has 2 aromatic rings. The van der Waals surface area contributed by atoms with Crippen molar-refractivity contribution in [3.05, 3.63) is 35.5 Å². The van der Waals surface area contributed by atoms with Crippen LogP contribution in [-0.4, -0.2) is 35.6 Å². The average molecular weight is 271 g/mol. The Morgan fingerprint density at radius 3 is 2.60 bits per heavy atom. The van der Waals surface area contributed by atoms with Crippen LogP contribution in [-0.2, 0) is 6.54 Å². The van der Waals surface area contributed by atoms with Crippen molar-refractivity contribution in [3.8, 4) is 0 Å². The summed E-state index contributed by atoms with van der Waals surface area (Å²) in [5.74, 6) is 0. The Labute approximate surface area is 121 Å². The van der Waals surface area contributed by atoms with Gasteiger partial charge in [0, 0.05) is 50.0 Å². The second kappa shape index (κ2) is 5.58. The molecule has 3 heteroatoms. The van der Waals surface area contributed by atoms with Crippen LogP contribution in [0, 0.1) is 6.92 Å². The molecule has 0 saturated carbocycles. The Kier molecular flexibility index (Phi) is 3.81. The first kappa shape index (κ1) is 13.7. The van der Waals surface area contributed by atoms with Gasteiger partial charge in [0.15, 0.2) is 0 Å². The summed E-state index contributed by atoms with van der Waals surface area (Å²) in [7, 11) is 0. The molecule has 0 atom stereocenters. The molecule has 1 fully saturated rings. The van der Waals surface area contributed by atoms with Crippen LogP contribution in [0.25, 0.3) is 10.9 Å². The smallest absolute Gasteiger partial charge is 0.0488 e. The van der Waals surface area contributed by atoms with Gasteiger partial charge in [-0.25, -0.2) is 0 Å². The van der Waals surface area contributed by atoms with E-state index in [0.717, 1.165) is 32.7 Å². The summed E-state index contributed by atoms with van der Waals surface area (Å²) >= 11 is 0. The molecule has 20 heavy (non-hydrogen) atoms. The lowest BCUT2D eigenvalue weighted by Crippen LogP contribution is -2.42. The Hall–Kier alpha value is -1.32. The zero-order valence-electron chi connectivity index (χ0n) is 12.8. The third kappa shape index (κ3) is 2.60. The van der Waals surface area contributed by atoms with Gasteiger partial charge >= 0.3 is 0 Å². The highest BCUT2D eigenvalue weighted by Crippen LogP contribution is 2.25. The van der Waals surface area contributed by atoms with E-state index in [1.54, 1.807) is 0 Å². The summed E-state index contributed by atoms with van der Waals surface area (Å²) in [5, 5.41) is 4.77. The summed E-state index contributed by atoms with van der Waals surface area (Å²) in [5.41, 5.74) is 4.17. The zero-order valence-corrected chi connectivity index (χ0v) is 12.8. The minimum atomic E-state index is 0.516. The van der Waals surface area contributed by atoms with Gasteiger partial charge in [0.25, 0.3) is 0 Å². The maximum absolute atomic E-state index is 3.41. The van der Waals surface area contributed by atoms with Crippen LogP contribution in [0.2, 0.25) is 0 Å². The van der Waals surface area contributed by atoms with Crippen molar-refractivity contribution >= 4 is 10.9 Å². The van der Waals surface area contributed by atoms with E-state index in [9.17, 15) is 0 Å². The molecule has 3 nitrogen and oxygen atoms in total. The second-order valence-electron chi connectivity index (χ2n) is 6.17. The highest BCUT2D eigenvalue weighted by Gasteiger charge is 2.12. The minimum Gasteiger partial charge on any atom is -0.342 e. The third-order valence-electron chi connectivity index (χ3n) is 4.23. The summed E-state index contributed by atoms with van der Waals surface area (Å²) < 4.78 is 2.44. The molecule has 2 heterocycles. The quantitative estimate of drug-likeness (QED) is 0.926. The fourth-order valence-electron chi connectivity index (χ4n) is 3.32. The van der Waals surface area contributed by atoms with Crippen molar-refractivity contribution in [1.82, 2.24) is 14.8 Å². The molecular formula is C17H25N3. The first-order valence-corrected chi connectivity index (χ1v) is 7.68. The lowest BCUT2D eigenvalue weighted by atomic mass is 10.1.